The van der Waals surface area contributed by atoms with Gasteiger partial charge >= 0.3 is 0 Å². The molecule has 0 aromatic heterocycles. The Labute approximate surface area is 154 Å². The number of hydrogen-bond acceptors (Lipinski definition) is 4. The maximum Gasteiger partial charge on any atom is 0.272 e. The highest BCUT2D eigenvalue weighted by molar-refractivity contribution is 5.40. The largest absolute Gasteiger partial charge is 0.378 e. The lowest BCUT2D eigenvalue weighted by Crippen LogP contribution is -2.28. The highest BCUT2D eigenvalue weighted by Gasteiger charge is 2.19. The van der Waals surface area contributed by atoms with Crippen molar-refractivity contribution in [2.45, 2.75) is 31.7 Å². The number of para-hydroxylation sites is 1. The second kappa shape index (κ2) is 8.63. The van der Waals surface area contributed by atoms with Gasteiger partial charge in [0.2, 0.25) is 0 Å². The van der Waals surface area contributed by atoms with Crippen molar-refractivity contribution in [3.8, 4) is 0 Å². The molecule has 2 N–H and O–H groups in total. The van der Waals surface area contributed by atoms with Gasteiger partial charge in [0.1, 0.15) is 0 Å². The van der Waals surface area contributed by atoms with Crippen LogP contribution in [0.1, 0.15) is 35.4 Å². The summed E-state index contributed by atoms with van der Waals surface area (Å²) in [6.07, 6.45) is 6.92. The van der Waals surface area contributed by atoms with Crippen molar-refractivity contribution in [2.24, 2.45) is 5.73 Å². The fourth-order valence-electron chi connectivity index (χ4n) is 3.55. The number of piperidine rings is 1. The third-order valence-corrected chi connectivity index (χ3v) is 5.03. The Morgan fingerprint density at radius 2 is 1.92 bits per heavy atom. The number of hydrogen-bond donors (Lipinski definition) is 1. The van der Waals surface area contributed by atoms with Crippen molar-refractivity contribution in [1.29, 1.82) is 0 Å². The predicted octanol–water partition coefficient (Wildman–Crippen LogP) is 3.99. The van der Waals surface area contributed by atoms with Gasteiger partial charge in [0.25, 0.3) is 5.69 Å². The van der Waals surface area contributed by atoms with Crippen molar-refractivity contribution in [3.63, 3.8) is 0 Å². The molecule has 5 heteroatoms. The average Bonchev–Trinajstić information content (AvgIpc) is 2.69. The maximum atomic E-state index is 11.1. The summed E-state index contributed by atoms with van der Waals surface area (Å²) in [5.41, 5.74) is 9.26. The molecule has 136 valence electrons. The molecule has 1 saturated heterocycles. The lowest BCUT2D eigenvalue weighted by atomic mass is 9.88. The Balaban J connectivity index is 1.54. The van der Waals surface area contributed by atoms with Crippen LogP contribution in [-0.2, 0) is 13.0 Å². The summed E-state index contributed by atoms with van der Waals surface area (Å²) in [6, 6.07) is 15.5. The molecule has 1 aliphatic heterocycles. The fraction of sp³-hybridized carbons (Fsp3) is 0.333. The van der Waals surface area contributed by atoms with E-state index in [9.17, 15) is 10.1 Å². The molecule has 0 amide bonds. The standard InChI is InChI=1S/C21H25N3O2/c22-16-17-5-3-7-20(15-17)18-10-13-23(14-11-18)12-4-8-19-6-1-2-9-21(19)24(25)26/h1-7,9,12,15,18H,8,10-11,13-14,16,22H2/b12-4+. The summed E-state index contributed by atoms with van der Waals surface area (Å²) in [4.78, 5) is 13.1. The van der Waals surface area contributed by atoms with Crippen LogP contribution in [0.4, 0.5) is 5.69 Å². The molecule has 0 bridgehead atoms. The monoisotopic (exact) mass is 351 g/mol. The molecule has 2 aromatic carbocycles. The van der Waals surface area contributed by atoms with Crippen molar-refractivity contribution in [2.75, 3.05) is 13.1 Å². The molecule has 3 rings (SSSR count). The van der Waals surface area contributed by atoms with Gasteiger partial charge in [-0.2, -0.15) is 0 Å². The number of nitrogens with zero attached hydrogens (tertiary/aromatic N) is 2. The van der Waals surface area contributed by atoms with Gasteiger partial charge in [0, 0.05) is 31.3 Å². The molecule has 0 aliphatic carbocycles. The van der Waals surface area contributed by atoms with Crippen LogP contribution in [0.15, 0.2) is 60.8 Å². The summed E-state index contributed by atoms with van der Waals surface area (Å²) in [6.45, 7) is 2.59. The lowest BCUT2D eigenvalue weighted by Gasteiger charge is -2.31. The number of allylic oxidation sites excluding steroid dienone is 1. The Morgan fingerprint density at radius 3 is 2.65 bits per heavy atom. The van der Waals surface area contributed by atoms with Gasteiger partial charge in [-0.3, -0.25) is 10.1 Å². The van der Waals surface area contributed by atoms with E-state index in [2.05, 4.69) is 35.4 Å². The van der Waals surface area contributed by atoms with Crippen LogP contribution in [-0.4, -0.2) is 22.9 Å². The number of likely N-dealkylation sites (tertiary alicyclic amines) is 1. The lowest BCUT2D eigenvalue weighted by molar-refractivity contribution is -0.385. The molecular formula is C21H25N3O2. The zero-order chi connectivity index (χ0) is 18.4. The van der Waals surface area contributed by atoms with E-state index >= 15 is 0 Å². The van der Waals surface area contributed by atoms with Gasteiger partial charge in [-0.1, -0.05) is 48.5 Å². The second-order valence-electron chi connectivity index (χ2n) is 6.73. The quantitative estimate of drug-likeness (QED) is 0.631. The normalized spacial score (nSPS) is 15.5. The van der Waals surface area contributed by atoms with E-state index in [1.54, 1.807) is 12.1 Å². The van der Waals surface area contributed by atoms with Crippen molar-refractivity contribution < 1.29 is 4.92 Å². The molecule has 1 fully saturated rings. The summed E-state index contributed by atoms with van der Waals surface area (Å²) in [5, 5.41) is 11.1. The van der Waals surface area contributed by atoms with Gasteiger partial charge in [-0.25, -0.2) is 0 Å². The topological polar surface area (TPSA) is 72.4 Å². The minimum Gasteiger partial charge on any atom is -0.378 e. The molecule has 0 radical (unpaired) electrons. The van der Waals surface area contributed by atoms with Gasteiger partial charge in [-0.05, 0) is 42.5 Å². The second-order valence-corrected chi connectivity index (χ2v) is 6.73. The first kappa shape index (κ1) is 18.1. The van der Waals surface area contributed by atoms with E-state index in [1.165, 1.54) is 11.1 Å². The van der Waals surface area contributed by atoms with Crippen LogP contribution in [0.5, 0.6) is 0 Å². The van der Waals surface area contributed by atoms with Crippen LogP contribution < -0.4 is 5.73 Å². The molecule has 26 heavy (non-hydrogen) atoms. The molecule has 0 spiro atoms. The highest BCUT2D eigenvalue weighted by atomic mass is 16.6. The molecule has 2 aromatic rings. The number of rotatable bonds is 6. The predicted molar refractivity (Wildman–Crippen MR) is 104 cm³/mol. The number of benzene rings is 2. The summed E-state index contributed by atoms with van der Waals surface area (Å²) >= 11 is 0. The third kappa shape index (κ3) is 4.49. The molecule has 1 aliphatic rings. The van der Waals surface area contributed by atoms with Crippen molar-refractivity contribution in [3.05, 3.63) is 87.6 Å². The zero-order valence-electron chi connectivity index (χ0n) is 14.9. The fourth-order valence-corrected chi connectivity index (χ4v) is 3.55. The minimum atomic E-state index is -0.315. The van der Waals surface area contributed by atoms with Crippen LogP contribution in [0.25, 0.3) is 0 Å². The minimum absolute atomic E-state index is 0.190. The first-order valence-electron chi connectivity index (χ1n) is 9.09. The van der Waals surface area contributed by atoms with E-state index in [4.69, 9.17) is 5.73 Å². The van der Waals surface area contributed by atoms with Crippen LogP contribution in [0, 0.1) is 10.1 Å². The molecule has 0 saturated carbocycles. The van der Waals surface area contributed by atoms with E-state index in [0.29, 0.717) is 18.9 Å². The molecule has 0 atom stereocenters. The molecule has 0 unspecified atom stereocenters. The summed E-state index contributed by atoms with van der Waals surface area (Å²) in [5.74, 6) is 0.585. The maximum absolute atomic E-state index is 11.1. The van der Waals surface area contributed by atoms with E-state index in [-0.39, 0.29) is 10.6 Å². The number of nitrogens with two attached hydrogens (primary N) is 1. The van der Waals surface area contributed by atoms with Crippen LogP contribution in [0.3, 0.4) is 0 Å². The van der Waals surface area contributed by atoms with E-state index in [1.807, 2.05) is 18.2 Å². The third-order valence-electron chi connectivity index (χ3n) is 5.03. The summed E-state index contributed by atoms with van der Waals surface area (Å²) in [7, 11) is 0. The van der Waals surface area contributed by atoms with Gasteiger partial charge in [0.05, 0.1) is 4.92 Å². The summed E-state index contributed by atoms with van der Waals surface area (Å²) < 4.78 is 0. The van der Waals surface area contributed by atoms with Crippen molar-refractivity contribution in [1.82, 2.24) is 4.90 Å². The highest BCUT2D eigenvalue weighted by Crippen LogP contribution is 2.28. The smallest absolute Gasteiger partial charge is 0.272 e. The number of nitro benzene ring substituents is 1. The average molecular weight is 351 g/mol. The van der Waals surface area contributed by atoms with Gasteiger partial charge in [0.15, 0.2) is 0 Å². The van der Waals surface area contributed by atoms with Crippen LogP contribution >= 0.6 is 0 Å². The Kier molecular flexibility index (Phi) is 6.02. The van der Waals surface area contributed by atoms with Gasteiger partial charge < -0.3 is 10.6 Å². The van der Waals surface area contributed by atoms with E-state index < -0.39 is 0 Å². The van der Waals surface area contributed by atoms with E-state index in [0.717, 1.165) is 31.5 Å². The van der Waals surface area contributed by atoms with Crippen molar-refractivity contribution >= 4 is 5.69 Å². The molecular weight excluding hydrogens is 326 g/mol. The van der Waals surface area contributed by atoms with Crippen LogP contribution in [0.2, 0.25) is 0 Å². The molecule has 5 nitrogen and oxygen atoms in total. The zero-order valence-corrected chi connectivity index (χ0v) is 14.9. The Bertz CT molecular complexity index is 780. The SMILES string of the molecule is NCc1cccc(C2CCN(/C=C/Cc3ccccc3[N+](=O)[O-])CC2)c1. The first-order chi connectivity index (χ1) is 12.7. The molecule has 1 heterocycles. The number of nitro groups is 1. The Morgan fingerprint density at radius 1 is 1.15 bits per heavy atom. The Hall–Kier alpha value is -2.66. The van der Waals surface area contributed by atoms with Gasteiger partial charge in [-0.15, -0.1) is 0 Å². The first-order valence-corrected chi connectivity index (χ1v) is 9.09.